The van der Waals surface area contributed by atoms with E-state index in [1.807, 2.05) is 13.0 Å². The minimum Gasteiger partial charge on any atom is -0.324 e. The zero-order valence-electron chi connectivity index (χ0n) is 12.8. The number of anilines is 2. The average molecular weight is 351 g/mol. The molecule has 0 atom stereocenters. The number of amides is 2. The smallest absolute Gasteiger partial charge is 0.244 e. The van der Waals surface area contributed by atoms with E-state index in [1.165, 1.54) is 11.8 Å². The molecule has 2 aromatic rings. The fourth-order valence-electron chi connectivity index (χ4n) is 2.10. The summed E-state index contributed by atoms with van der Waals surface area (Å²) in [6.07, 6.45) is 0. The van der Waals surface area contributed by atoms with E-state index in [-0.39, 0.29) is 18.4 Å². The molecule has 0 aromatic heterocycles. The van der Waals surface area contributed by atoms with Crippen LogP contribution in [0.15, 0.2) is 42.5 Å². The molecule has 6 heteroatoms. The van der Waals surface area contributed by atoms with Gasteiger partial charge in [0.15, 0.2) is 0 Å². The second kappa shape index (κ2) is 7.49. The molecule has 1 N–H and O–H groups in total. The Balaban J connectivity index is 2.18. The zero-order chi connectivity index (χ0) is 17.0. The van der Waals surface area contributed by atoms with Crippen molar-refractivity contribution in [2.45, 2.75) is 13.8 Å². The maximum Gasteiger partial charge on any atom is 0.244 e. The number of carbonyl (C=O) groups is 2. The lowest BCUT2D eigenvalue weighted by Crippen LogP contribution is -2.37. The molecule has 0 aliphatic heterocycles. The van der Waals surface area contributed by atoms with Gasteiger partial charge in [0.2, 0.25) is 11.8 Å². The van der Waals surface area contributed by atoms with Crippen molar-refractivity contribution in [3.63, 3.8) is 0 Å². The van der Waals surface area contributed by atoms with Crippen LogP contribution in [0.1, 0.15) is 12.5 Å². The Hall–Kier alpha value is -2.04. The average Bonchev–Trinajstić information content (AvgIpc) is 2.49. The molecule has 0 saturated heterocycles. The Morgan fingerprint density at radius 2 is 1.83 bits per heavy atom. The van der Waals surface area contributed by atoms with E-state index in [0.29, 0.717) is 21.4 Å². The molecule has 0 aliphatic rings. The predicted molar refractivity (Wildman–Crippen MR) is 94.3 cm³/mol. The maximum atomic E-state index is 12.3. The van der Waals surface area contributed by atoms with Crippen molar-refractivity contribution in [2.75, 3.05) is 16.8 Å². The number of hydrogen-bond acceptors (Lipinski definition) is 2. The molecule has 4 nitrogen and oxygen atoms in total. The number of carbonyl (C=O) groups excluding carboxylic acids is 2. The normalized spacial score (nSPS) is 10.3. The Bertz CT molecular complexity index is 747. The van der Waals surface area contributed by atoms with Crippen molar-refractivity contribution in [2.24, 2.45) is 0 Å². The molecule has 0 spiro atoms. The molecule has 0 bridgehead atoms. The van der Waals surface area contributed by atoms with Crippen molar-refractivity contribution in [1.82, 2.24) is 0 Å². The molecular weight excluding hydrogens is 335 g/mol. The Labute approximate surface area is 145 Å². The van der Waals surface area contributed by atoms with Crippen LogP contribution in [0.2, 0.25) is 10.0 Å². The Morgan fingerprint density at radius 3 is 2.48 bits per heavy atom. The minimum absolute atomic E-state index is 0.134. The van der Waals surface area contributed by atoms with Gasteiger partial charge < -0.3 is 10.2 Å². The third kappa shape index (κ3) is 4.47. The second-order valence-corrected chi connectivity index (χ2v) is 5.91. The number of rotatable bonds is 4. The molecule has 2 amide bonds. The van der Waals surface area contributed by atoms with Crippen molar-refractivity contribution >= 4 is 46.4 Å². The molecule has 0 heterocycles. The summed E-state index contributed by atoms with van der Waals surface area (Å²) in [5.74, 6) is -0.596. The standard InChI is InChI=1S/C17H16Cl2N2O2/c1-11-7-8-13(18)9-15(11)20-17(23)10-21(12(2)22)16-6-4-3-5-14(16)19/h3-9H,10H2,1-2H3,(H,20,23). The van der Waals surface area contributed by atoms with Gasteiger partial charge in [-0.2, -0.15) is 0 Å². The number of hydrogen-bond donors (Lipinski definition) is 1. The van der Waals surface area contributed by atoms with Crippen LogP contribution in [0.5, 0.6) is 0 Å². The molecule has 2 aromatic carbocycles. The van der Waals surface area contributed by atoms with Crippen LogP contribution in [0.3, 0.4) is 0 Å². The van der Waals surface area contributed by atoms with Gasteiger partial charge in [-0.15, -0.1) is 0 Å². The van der Waals surface area contributed by atoms with Crippen LogP contribution in [0, 0.1) is 6.92 Å². The third-order valence-corrected chi connectivity index (χ3v) is 3.85. The van der Waals surface area contributed by atoms with Gasteiger partial charge in [0.1, 0.15) is 6.54 Å². The quantitative estimate of drug-likeness (QED) is 0.893. The van der Waals surface area contributed by atoms with Gasteiger partial charge in [-0.3, -0.25) is 9.59 Å². The minimum atomic E-state index is -0.328. The molecule has 0 saturated carbocycles. The topological polar surface area (TPSA) is 49.4 Å². The summed E-state index contributed by atoms with van der Waals surface area (Å²) < 4.78 is 0. The van der Waals surface area contributed by atoms with E-state index in [4.69, 9.17) is 23.2 Å². The Morgan fingerprint density at radius 1 is 1.13 bits per heavy atom. The van der Waals surface area contributed by atoms with E-state index >= 15 is 0 Å². The van der Waals surface area contributed by atoms with E-state index in [2.05, 4.69) is 5.32 Å². The van der Waals surface area contributed by atoms with Gasteiger partial charge in [-0.1, -0.05) is 41.4 Å². The van der Waals surface area contributed by atoms with Crippen LogP contribution in [-0.2, 0) is 9.59 Å². The second-order valence-electron chi connectivity index (χ2n) is 5.06. The van der Waals surface area contributed by atoms with Gasteiger partial charge >= 0.3 is 0 Å². The molecule has 0 fully saturated rings. The first-order valence-electron chi connectivity index (χ1n) is 6.97. The largest absolute Gasteiger partial charge is 0.324 e. The van der Waals surface area contributed by atoms with Crippen molar-refractivity contribution in [3.8, 4) is 0 Å². The maximum absolute atomic E-state index is 12.3. The lowest BCUT2D eigenvalue weighted by atomic mass is 10.2. The van der Waals surface area contributed by atoms with E-state index < -0.39 is 0 Å². The summed E-state index contributed by atoms with van der Waals surface area (Å²) in [6, 6.07) is 12.1. The summed E-state index contributed by atoms with van der Waals surface area (Å²) in [6.45, 7) is 3.12. The first-order valence-corrected chi connectivity index (χ1v) is 7.72. The molecule has 120 valence electrons. The first kappa shape index (κ1) is 17.3. The fourth-order valence-corrected chi connectivity index (χ4v) is 2.51. The molecule has 2 rings (SSSR count). The lowest BCUT2D eigenvalue weighted by Gasteiger charge is -2.22. The van der Waals surface area contributed by atoms with Gasteiger partial charge in [0.05, 0.1) is 10.7 Å². The molecule has 0 radical (unpaired) electrons. The van der Waals surface area contributed by atoms with Gasteiger partial charge in [0.25, 0.3) is 0 Å². The number of aryl methyl sites for hydroxylation is 1. The Kier molecular flexibility index (Phi) is 5.64. The van der Waals surface area contributed by atoms with E-state index in [9.17, 15) is 9.59 Å². The number of halogens is 2. The van der Waals surface area contributed by atoms with Crippen LogP contribution >= 0.6 is 23.2 Å². The highest BCUT2D eigenvalue weighted by atomic mass is 35.5. The number of benzene rings is 2. The van der Waals surface area contributed by atoms with Crippen LogP contribution in [-0.4, -0.2) is 18.4 Å². The highest BCUT2D eigenvalue weighted by Crippen LogP contribution is 2.25. The zero-order valence-corrected chi connectivity index (χ0v) is 14.3. The fraction of sp³-hybridized carbons (Fsp3) is 0.176. The van der Waals surface area contributed by atoms with Crippen LogP contribution < -0.4 is 10.2 Å². The van der Waals surface area contributed by atoms with E-state index in [1.54, 1.807) is 36.4 Å². The van der Waals surface area contributed by atoms with Crippen molar-refractivity contribution < 1.29 is 9.59 Å². The number of nitrogens with one attached hydrogen (secondary N) is 1. The summed E-state index contributed by atoms with van der Waals surface area (Å²) >= 11 is 12.0. The highest BCUT2D eigenvalue weighted by molar-refractivity contribution is 6.34. The monoisotopic (exact) mass is 350 g/mol. The predicted octanol–water partition coefficient (Wildman–Crippen LogP) is 4.29. The number of para-hydroxylation sites is 1. The summed E-state index contributed by atoms with van der Waals surface area (Å²) in [4.78, 5) is 25.5. The first-order chi connectivity index (χ1) is 10.9. The third-order valence-electron chi connectivity index (χ3n) is 3.30. The molecule has 23 heavy (non-hydrogen) atoms. The van der Waals surface area contributed by atoms with E-state index in [0.717, 1.165) is 5.56 Å². The van der Waals surface area contributed by atoms with Gasteiger partial charge in [-0.25, -0.2) is 0 Å². The molecule has 0 unspecified atom stereocenters. The SMILES string of the molecule is CC(=O)N(CC(=O)Nc1cc(Cl)ccc1C)c1ccccc1Cl. The van der Waals surface area contributed by atoms with Gasteiger partial charge in [-0.05, 0) is 36.8 Å². The van der Waals surface area contributed by atoms with Crippen molar-refractivity contribution in [3.05, 3.63) is 58.1 Å². The van der Waals surface area contributed by atoms with Crippen LogP contribution in [0.25, 0.3) is 0 Å². The summed E-state index contributed by atoms with van der Waals surface area (Å²) in [5, 5.41) is 3.70. The summed E-state index contributed by atoms with van der Waals surface area (Å²) in [7, 11) is 0. The highest BCUT2D eigenvalue weighted by Gasteiger charge is 2.18. The van der Waals surface area contributed by atoms with Gasteiger partial charge in [0, 0.05) is 17.6 Å². The molecular formula is C17H16Cl2N2O2. The summed E-state index contributed by atoms with van der Waals surface area (Å²) in [5.41, 5.74) is 2.00. The lowest BCUT2D eigenvalue weighted by molar-refractivity contribution is -0.120. The van der Waals surface area contributed by atoms with Crippen LogP contribution in [0.4, 0.5) is 11.4 Å². The number of nitrogens with zero attached hydrogens (tertiary/aromatic N) is 1. The van der Waals surface area contributed by atoms with Crippen molar-refractivity contribution in [1.29, 1.82) is 0 Å². The molecule has 0 aliphatic carbocycles.